The molecule has 0 bridgehead atoms. The van der Waals surface area contributed by atoms with E-state index in [1.54, 1.807) is 17.0 Å². The summed E-state index contributed by atoms with van der Waals surface area (Å²) in [7, 11) is 0. The maximum absolute atomic E-state index is 15.4. The van der Waals surface area contributed by atoms with Gasteiger partial charge in [-0.15, -0.1) is 0 Å². The van der Waals surface area contributed by atoms with Crippen LogP contribution in [-0.2, 0) is 11.2 Å². The second-order valence-electron chi connectivity index (χ2n) is 9.03. The van der Waals surface area contributed by atoms with Crippen molar-refractivity contribution in [3.05, 3.63) is 76.2 Å². The number of hydrogen-bond acceptors (Lipinski definition) is 2. The van der Waals surface area contributed by atoms with Gasteiger partial charge in [0.1, 0.15) is 23.1 Å². The topological polar surface area (TPSA) is 56.3 Å². The second-order valence-corrected chi connectivity index (χ2v) is 9.03. The first-order valence-corrected chi connectivity index (χ1v) is 10.8. The van der Waals surface area contributed by atoms with E-state index in [4.69, 9.17) is 5.11 Å². The van der Waals surface area contributed by atoms with Crippen LogP contribution in [0.2, 0.25) is 0 Å². The molecule has 2 aromatic carbocycles. The fourth-order valence-corrected chi connectivity index (χ4v) is 4.88. The van der Waals surface area contributed by atoms with Crippen molar-refractivity contribution in [2.45, 2.75) is 43.9 Å². The summed E-state index contributed by atoms with van der Waals surface area (Å²) in [6, 6.07) is 5.43. The van der Waals surface area contributed by atoms with E-state index >= 15 is 8.78 Å². The Balaban J connectivity index is 1.70. The highest BCUT2D eigenvalue weighted by molar-refractivity contribution is 5.86. The van der Waals surface area contributed by atoms with Gasteiger partial charge in [-0.1, -0.05) is 6.07 Å². The van der Waals surface area contributed by atoms with E-state index in [1.165, 1.54) is 6.07 Å². The fraction of sp³-hybridized carbons (Fsp3) is 0.320. The van der Waals surface area contributed by atoms with Crippen LogP contribution in [0.5, 0.6) is 0 Å². The highest BCUT2D eigenvalue weighted by atomic mass is 19.1. The average Bonchev–Trinajstić information content (AvgIpc) is 3.35. The van der Waals surface area contributed by atoms with Crippen LogP contribution in [-0.4, -0.2) is 39.2 Å². The van der Waals surface area contributed by atoms with Crippen molar-refractivity contribution >= 4 is 22.9 Å². The maximum Gasteiger partial charge on any atom is 0.328 e. The predicted molar refractivity (Wildman–Crippen MR) is 116 cm³/mol. The van der Waals surface area contributed by atoms with Gasteiger partial charge in [0, 0.05) is 40.8 Å². The lowest BCUT2D eigenvalue weighted by atomic mass is 9.87. The minimum atomic E-state index is -1.40. The number of H-pyrrole nitrogens is 1. The SMILES string of the molecule is C[C@@H]1Cc2c([nH]c3cccc(F)c23)[C@@H](c2c(F)cc(C=CC(=O)O)cc2F)N1CC1(F)CC1. The quantitative estimate of drug-likeness (QED) is 0.391. The Bertz CT molecular complexity index is 1270. The van der Waals surface area contributed by atoms with Gasteiger partial charge in [-0.2, -0.15) is 0 Å². The van der Waals surface area contributed by atoms with E-state index in [0.717, 1.165) is 24.3 Å². The first-order valence-electron chi connectivity index (χ1n) is 10.8. The minimum absolute atomic E-state index is 0.00959. The molecule has 1 aliphatic carbocycles. The third-order valence-corrected chi connectivity index (χ3v) is 6.63. The first kappa shape index (κ1) is 21.7. The number of rotatable bonds is 5. The van der Waals surface area contributed by atoms with Crippen LogP contribution in [0.4, 0.5) is 17.6 Å². The van der Waals surface area contributed by atoms with Crippen LogP contribution in [0, 0.1) is 17.5 Å². The molecule has 1 fully saturated rings. The Morgan fingerprint density at radius 1 is 1.21 bits per heavy atom. The van der Waals surface area contributed by atoms with Crippen molar-refractivity contribution in [2.24, 2.45) is 0 Å². The average molecular weight is 458 g/mol. The number of carboxylic acids is 1. The van der Waals surface area contributed by atoms with Crippen molar-refractivity contribution in [3.63, 3.8) is 0 Å². The van der Waals surface area contributed by atoms with Gasteiger partial charge in [-0.05, 0) is 67.7 Å². The van der Waals surface area contributed by atoms with Crippen LogP contribution < -0.4 is 0 Å². The van der Waals surface area contributed by atoms with Gasteiger partial charge in [-0.25, -0.2) is 22.4 Å². The Labute approximate surface area is 187 Å². The summed E-state index contributed by atoms with van der Waals surface area (Å²) in [4.78, 5) is 15.7. The number of fused-ring (bicyclic) bond motifs is 3. The smallest absolute Gasteiger partial charge is 0.328 e. The summed E-state index contributed by atoms with van der Waals surface area (Å²) in [5, 5.41) is 9.18. The first-order chi connectivity index (χ1) is 15.7. The number of nitrogens with one attached hydrogen (secondary N) is 1. The molecule has 3 aromatic rings. The van der Waals surface area contributed by atoms with Crippen molar-refractivity contribution in [1.29, 1.82) is 0 Å². The lowest BCUT2D eigenvalue weighted by Gasteiger charge is -2.41. The zero-order chi connectivity index (χ0) is 23.5. The van der Waals surface area contributed by atoms with Crippen LogP contribution in [0.3, 0.4) is 0 Å². The number of halogens is 4. The van der Waals surface area contributed by atoms with Crippen molar-refractivity contribution in [1.82, 2.24) is 9.88 Å². The fourth-order valence-electron chi connectivity index (χ4n) is 4.88. The molecule has 2 N–H and O–H groups in total. The monoisotopic (exact) mass is 458 g/mol. The van der Waals surface area contributed by atoms with E-state index in [-0.39, 0.29) is 23.7 Å². The van der Waals surface area contributed by atoms with Crippen LogP contribution in [0.25, 0.3) is 17.0 Å². The summed E-state index contributed by atoms with van der Waals surface area (Å²) in [5.41, 5.74) is -0.0241. The molecule has 172 valence electrons. The lowest BCUT2D eigenvalue weighted by Crippen LogP contribution is -2.46. The molecule has 33 heavy (non-hydrogen) atoms. The Morgan fingerprint density at radius 2 is 1.91 bits per heavy atom. The zero-order valence-electron chi connectivity index (χ0n) is 17.8. The van der Waals surface area contributed by atoms with Gasteiger partial charge >= 0.3 is 5.97 Å². The number of carboxylic acid groups (broad SMARTS) is 1. The summed E-state index contributed by atoms with van der Waals surface area (Å²) in [5.74, 6) is -3.42. The molecule has 0 spiro atoms. The highest BCUT2D eigenvalue weighted by Crippen LogP contribution is 2.47. The molecular formula is C25H22F4N2O2. The van der Waals surface area contributed by atoms with Crippen molar-refractivity contribution in [3.8, 4) is 0 Å². The number of aromatic amines is 1. The van der Waals surface area contributed by atoms with Crippen LogP contribution >= 0.6 is 0 Å². The Hall–Kier alpha value is -3.13. The normalized spacial score (nSPS) is 22.1. The molecule has 8 heteroatoms. The van der Waals surface area contributed by atoms with Gasteiger partial charge in [-0.3, -0.25) is 4.90 Å². The summed E-state index contributed by atoms with van der Waals surface area (Å²) in [6.07, 6.45) is 3.08. The molecule has 5 rings (SSSR count). The predicted octanol–water partition coefficient (Wildman–Crippen LogP) is 5.52. The number of nitrogens with zero attached hydrogens (tertiary/aromatic N) is 1. The van der Waals surface area contributed by atoms with Gasteiger partial charge in [0.25, 0.3) is 0 Å². The molecule has 0 unspecified atom stereocenters. The molecule has 2 heterocycles. The third-order valence-electron chi connectivity index (χ3n) is 6.63. The van der Waals surface area contributed by atoms with Gasteiger partial charge < -0.3 is 10.1 Å². The number of aromatic nitrogens is 1. The van der Waals surface area contributed by atoms with Crippen LogP contribution in [0.15, 0.2) is 36.4 Å². The minimum Gasteiger partial charge on any atom is -0.478 e. The summed E-state index contributed by atoms with van der Waals surface area (Å²) < 4.78 is 60.3. The number of hydrogen-bond donors (Lipinski definition) is 2. The standard InChI is InChI=1S/C25H22F4N2O2/c1-13-9-15-21-16(26)3-2-4-19(21)30-23(15)24(31(13)12-25(29)7-8-25)22-17(27)10-14(11-18(22)28)5-6-20(32)33/h2-6,10-11,13,24,30H,7-9,12H2,1H3,(H,32,33)/t13-,24-/m1/s1. The largest absolute Gasteiger partial charge is 0.478 e. The third kappa shape index (κ3) is 3.82. The molecular weight excluding hydrogens is 436 g/mol. The molecule has 1 saturated carbocycles. The number of aliphatic carboxylic acids is 1. The van der Waals surface area contributed by atoms with E-state index in [1.807, 2.05) is 6.92 Å². The Morgan fingerprint density at radius 3 is 2.55 bits per heavy atom. The molecule has 0 radical (unpaired) electrons. The van der Waals surface area contributed by atoms with E-state index in [2.05, 4.69) is 4.98 Å². The summed E-state index contributed by atoms with van der Waals surface area (Å²) in [6.45, 7) is 1.86. The highest BCUT2D eigenvalue weighted by Gasteiger charge is 2.49. The number of benzene rings is 2. The molecule has 1 aliphatic heterocycles. The van der Waals surface area contributed by atoms with Crippen molar-refractivity contribution in [2.75, 3.05) is 6.54 Å². The molecule has 2 atom stereocenters. The Kier molecular flexibility index (Phi) is 5.08. The maximum atomic E-state index is 15.4. The van der Waals surface area contributed by atoms with E-state index in [0.29, 0.717) is 41.4 Å². The van der Waals surface area contributed by atoms with Gasteiger partial charge in [0.15, 0.2) is 0 Å². The van der Waals surface area contributed by atoms with Gasteiger partial charge in [0.05, 0.1) is 6.04 Å². The molecule has 0 amide bonds. The lowest BCUT2D eigenvalue weighted by molar-refractivity contribution is -0.131. The molecule has 2 aliphatic rings. The van der Waals surface area contributed by atoms with E-state index in [9.17, 15) is 13.6 Å². The second kappa shape index (κ2) is 7.73. The van der Waals surface area contributed by atoms with Crippen molar-refractivity contribution < 1.29 is 27.5 Å². The molecule has 4 nitrogen and oxygen atoms in total. The number of alkyl halides is 1. The number of carbonyl (C=O) groups is 1. The van der Waals surface area contributed by atoms with E-state index < -0.39 is 35.1 Å². The van der Waals surface area contributed by atoms with Crippen LogP contribution in [0.1, 0.15) is 48.2 Å². The van der Waals surface area contributed by atoms with Gasteiger partial charge in [0.2, 0.25) is 0 Å². The zero-order valence-corrected chi connectivity index (χ0v) is 17.8. The molecule has 1 aromatic heterocycles. The summed E-state index contributed by atoms with van der Waals surface area (Å²) >= 11 is 0. The molecule has 0 saturated heterocycles.